The van der Waals surface area contributed by atoms with Crippen molar-refractivity contribution >= 4 is 5.97 Å². The van der Waals surface area contributed by atoms with Gasteiger partial charge in [-0.05, 0) is 32.1 Å². The summed E-state index contributed by atoms with van der Waals surface area (Å²) in [6.45, 7) is 1.48. The van der Waals surface area contributed by atoms with E-state index in [-0.39, 0.29) is 12.1 Å². The molecule has 0 N–H and O–H groups in total. The van der Waals surface area contributed by atoms with Crippen LogP contribution in [-0.4, -0.2) is 12.1 Å². The summed E-state index contributed by atoms with van der Waals surface area (Å²) in [6, 6.07) is 0. The van der Waals surface area contributed by atoms with Gasteiger partial charge in [0.25, 0.3) is 0 Å². The minimum atomic E-state index is -0.149. The van der Waals surface area contributed by atoms with Gasteiger partial charge < -0.3 is 4.74 Å². The lowest BCUT2D eigenvalue weighted by Crippen LogP contribution is -2.16. The van der Waals surface area contributed by atoms with E-state index in [1.165, 1.54) is 6.92 Å². The van der Waals surface area contributed by atoms with Crippen molar-refractivity contribution in [2.45, 2.75) is 45.1 Å². The zero-order chi connectivity index (χ0) is 8.81. The van der Waals surface area contributed by atoms with Crippen LogP contribution in [0.15, 0.2) is 12.2 Å². The summed E-state index contributed by atoms with van der Waals surface area (Å²) < 4.78 is 5.15. The van der Waals surface area contributed by atoms with E-state index >= 15 is 0 Å². The molecule has 0 heterocycles. The van der Waals surface area contributed by atoms with Crippen molar-refractivity contribution in [3.8, 4) is 0 Å². The first kappa shape index (κ1) is 9.30. The molecule has 68 valence electrons. The molecule has 1 unspecified atom stereocenters. The molecule has 0 spiro atoms. The maximum atomic E-state index is 10.7. The summed E-state index contributed by atoms with van der Waals surface area (Å²) in [6.07, 6.45) is 9.84. The molecular weight excluding hydrogens is 152 g/mol. The fraction of sp³-hybridized carbons (Fsp3) is 0.700. The van der Waals surface area contributed by atoms with Crippen LogP contribution in [0.5, 0.6) is 0 Å². The summed E-state index contributed by atoms with van der Waals surface area (Å²) in [5.74, 6) is -0.149. The van der Waals surface area contributed by atoms with E-state index in [1.807, 2.05) is 0 Å². The number of allylic oxidation sites excluding steroid dienone is 2. The molecule has 2 heteroatoms. The van der Waals surface area contributed by atoms with E-state index in [0.717, 1.165) is 32.1 Å². The van der Waals surface area contributed by atoms with Crippen LogP contribution in [-0.2, 0) is 9.53 Å². The third kappa shape index (κ3) is 3.56. The van der Waals surface area contributed by atoms with Crippen LogP contribution in [0.25, 0.3) is 0 Å². The number of rotatable bonds is 1. The second kappa shape index (κ2) is 4.96. The van der Waals surface area contributed by atoms with Crippen LogP contribution in [0.2, 0.25) is 0 Å². The topological polar surface area (TPSA) is 26.3 Å². The minimum absolute atomic E-state index is 0.149. The Bertz CT molecular complexity index is 173. The SMILES string of the molecule is CC(=O)OC1CCC=CCCC1. The summed E-state index contributed by atoms with van der Waals surface area (Å²) >= 11 is 0. The van der Waals surface area contributed by atoms with Crippen molar-refractivity contribution in [1.29, 1.82) is 0 Å². The van der Waals surface area contributed by atoms with Crippen LogP contribution in [0.1, 0.15) is 39.0 Å². The highest BCUT2D eigenvalue weighted by atomic mass is 16.5. The van der Waals surface area contributed by atoms with E-state index in [4.69, 9.17) is 4.74 Å². The first-order chi connectivity index (χ1) is 5.79. The molecule has 0 aromatic carbocycles. The van der Waals surface area contributed by atoms with Gasteiger partial charge in [-0.25, -0.2) is 0 Å². The standard InChI is InChI=1S/C10H16O2/c1-9(11)12-10-7-5-3-2-4-6-8-10/h2-3,10H,4-8H2,1H3. The molecule has 1 aliphatic rings. The van der Waals surface area contributed by atoms with Crippen molar-refractivity contribution in [3.63, 3.8) is 0 Å². The fourth-order valence-electron chi connectivity index (χ4n) is 1.48. The lowest BCUT2D eigenvalue weighted by atomic mass is 10.0. The number of carbonyl (C=O) groups excluding carboxylic acids is 1. The normalized spacial score (nSPS) is 24.2. The Kier molecular flexibility index (Phi) is 3.85. The van der Waals surface area contributed by atoms with Crippen LogP contribution in [0.4, 0.5) is 0 Å². The van der Waals surface area contributed by atoms with Gasteiger partial charge in [-0.1, -0.05) is 12.2 Å². The maximum absolute atomic E-state index is 10.7. The Morgan fingerprint density at radius 3 is 2.83 bits per heavy atom. The third-order valence-electron chi connectivity index (χ3n) is 2.05. The molecule has 1 aliphatic carbocycles. The lowest BCUT2D eigenvalue weighted by molar-refractivity contribution is -0.147. The molecule has 1 rings (SSSR count). The number of carbonyl (C=O) groups is 1. The van der Waals surface area contributed by atoms with Crippen molar-refractivity contribution < 1.29 is 9.53 Å². The Labute approximate surface area is 73.6 Å². The second-order valence-electron chi connectivity index (χ2n) is 3.21. The molecule has 12 heavy (non-hydrogen) atoms. The molecular formula is C10H16O2. The fourth-order valence-corrected chi connectivity index (χ4v) is 1.48. The van der Waals surface area contributed by atoms with E-state index in [2.05, 4.69) is 12.2 Å². The van der Waals surface area contributed by atoms with Gasteiger partial charge >= 0.3 is 5.97 Å². The molecule has 0 aromatic heterocycles. The highest BCUT2D eigenvalue weighted by molar-refractivity contribution is 5.66. The summed E-state index contributed by atoms with van der Waals surface area (Å²) in [4.78, 5) is 10.7. The Balaban J connectivity index is 2.32. The minimum Gasteiger partial charge on any atom is -0.463 e. The average molecular weight is 168 g/mol. The molecule has 0 amide bonds. The van der Waals surface area contributed by atoms with Crippen molar-refractivity contribution in [2.24, 2.45) is 0 Å². The smallest absolute Gasteiger partial charge is 0.302 e. The molecule has 0 saturated carbocycles. The zero-order valence-corrected chi connectivity index (χ0v) is 7.58. The zero-order valence-electron chi connectivity index (χ0n) is 7.58. The van der Waals surface area contributed by atoms with E-state index in [1.54, 1.807) is 0 Å². The van der Waals surface area contributed by atoms with Crippen molar-refractivity contribution in [1.82, 2.24) is 0 Å². The van der Waals surface area contributed by atoms with Crippen LogP contribution in [0.3, 0.4) is 0 Å². The van der Waals surface area contributed by atoms with Gasteiger partial charge in [0.1, 0.15) is 6.10 Å². The summed E-state index contributed by atoms with van der Waals surface area (Å²) in [5.41, 5.74) is 0. The highest BCUT2D eigenvalue weighted by Crippen LogP contribution is 2.15. The molecule has 1 atom stereocenters. The number of hydrogen-bond donors (Lipinski definition) is 0. The predicted octanol–water partition coefficient (Wildman–Crippen LogP) is 2.44. The first-order valence-electron chi connectivity index (χ1n) is 4.61. The van der Waals surface area contributed by atoms with E-state index in [9.17, 15) is 4.79 Å². The van der Waals surface area contributed by atoms with Gasteiger partial charge in [-0.2, -0.15) is 0 Å². The number of ether oxygens (including phenoxy) is 1. The van der Waals surface area contributed by atoms with Gasteiger partial charge in [-0.15, -0.1) is 0 Å². The quantitative estimate of drug-likeness (QED) is 0.444. The summed E-state index contributed by atoms with van der Waals surface area (Å²) in [5, 5.41) is 0. The Morgan fingerprint density at radius 2 is 2.08 bits per heavy atom. The first-order valence-corrected chi connectivity index (χ1v) is 4.61. The molecule has 0 aliphatic heterocycles. The Hall–Kier alpha value is -0.790. The van der Waals surface area contributed by atoms with Crippen LogP contribution in [0, 0.1) is 0 Å². The lowest BCUT2D eigenvalue weighted by Gasteiger charge is -2.16. The number of hydrogen-bond acceptors (Lipinski definition) is 2. The van der Waals surface area contributed by atoms with Gasteiger partial charge in [-0.3, -0.25) is 4.79 Å². The van der Waals surface area contributed by atoms with Crippen molar-refractivity contribution in [3.05, 3.63) is 12.2 Å². The molecule has 0 saturated heterocycles. The predicted molar refractivity (Wildman–Crippen MR) is 47.8 cm³/mol. The highest BCUT2D eigenvalue weighted by Gasteiger charge is 2.11. The largest absolute Gasteiger partial charge is 0.463 e. The third-order valence-corrected chi connectivity index (χ3v) is 2.05. The van der Waals surface area contributed by atoms with Gasteiger partial charge in [0.15, 0.2) is 0 Å². The van der Waals surface area contributed by atoms with Gasteiger partial charge in [0, 0.05) is 6.92 Å². The van der Waals surface area contributed by atoms with E-state index < -0.39 is 0 Å². The van der Waals surface area contributed by atoms with Crippen molar-refractivity contribution in [2.75, 3.05) is 0 Å². The van der Waals surface area contributed by atoms with E-state index in [0.29, 0.717) is 0 Å². The van der Waals surface area contributed by atoms with Gasteiger partial charge in [0.05, 0.1) is 0 Å². The average Bonchev–Trinajstić information content (AvgIpc) is 1.93. The Morgan fingerprint density at radius 1 is 1.33 bits per heavy atom. The molecule has 2 nitrogen and oxygen atoms in total. The molecule has 0 bridgehead atoms. The molecule has 0 radical (unpaired) electrons. The van der Waals surface area contributed by atoms with Gasteiger partial charge in [0.2, 0.25) is 0 Å². The second-order valence-corrected chi connectivity index (χ2v) is 3.21. The monoisotopic (exact) mass is 168 g/mol. The number of esters is 1. The molecule has 0 fully saturated rings. The summed E-state index contributed by atoms with van der Waals surface area (Å²) in [7, 11) is 0. The molecule has 0 aromatic rings. The van der Waals surface area contributed by atoms with Crippen LogP contribution < -0.4 is 0 Å². The van der Waals surface area contributed by atoms with Crippen LogP contribution >= 0.6 is 0 Å². The maximum Gasteiger partial charge on any atom is 0.302 e.